The van der Waals surface area contributed by atoms with E-state index in [2.05, 4.69) is 11.1 Å². The first-order valence-electron chi connectivity index (χ1n) is 9.22. The summed E-state index contributed by atoms with van der Waals surface area (Å²) >= 11 is 0. The van der Waals surface area contributed by atoms with Gasteiger partial charge in [-0.3, -0.25) is 0 Å². The summed E-state index contributed by atoms with van der Waals surface area (Å²) in [5.74, 6) is 1.67. The number of nitriles is 1. The molecule has 0 bridgehead atoms. The van der Waals surface area contributed by atoms with Crippen LogP contribution < -0.4 is 24.8 Å². The Bertz CT molecular complexity index is 1080. The van der Waals surface area contributed by atoms with Gasteiger partial charge in [-0.25, -0.2) is 4.98 Å². The second-order valence-electron chi connectivity index (χ2n) is 6.78. The van der Waals surface area contributed by atoms with Crippen LogP contribution in [-0.4, -0.2) is 40.4 Å². The Morgan fingerprint density at radius 2 is 1.50 bits per heavy atom. The molecular weight excluding hydrogens is 380 g/mol. The summed E-state index contributed by atoms with van der Waals surface area (Å²) in [5, 5.41) is 9.66. The fraction of sp³-hybridized carbons (Fsp3) is 0.217. The molecule has 7 nitrogen and oxygen atoms in total. The molecule has 7 heteroatoms. The summed E-state index contributed by atoms with van der Waals surface area (Å²) in [5.41, 5.74) is 10.5. The van der Waals surface area contributed by atoms with Gasteiger partial charge < -0.3 is 24.8 Å². The molecule has 0 spiro atoms. The Balaban J connectivity index is 2.20. The average Bonchev–Trinajstić information content (AvgIpc) is 2.77. The van der Waals surface area contributed by atoms with Crippen LogP contribution in [0, 0.1) is 11.3 Å². The number of ether oxygens (including phenoxy) is 3. The van der Waals surface area contributed by atoms with Crippen molar-refractivity contribution in [1.82, 2.24) is 4.98 Å². The van der Waals surface area contributed by atoms with Crippen molar-refractivity contribution in [1.29, 1.82) is 5.26 Å². The number of nitrogen functional groups attached to an aromatic ring is 1. The third kappa shape index (κ3) is 3.80. The number of nitrogens with two attached hydrogens (primary N) is 1. The Labute approximate surface area is 176 Å². The van der Waals surface area contributed by atoms with Crippen molar-refractivity contribution >= 4 is 11.5 Å². The van der Waals surface area contributed by atoms with Gasteiger partial charge in [-0.2, -0.15) is 5.26 Å². The van der Waals surface area contributed by atoms with Crippen LogP contribution in [0.15, 0.2) is 42.5 Å². The summed E-state index contributed by atoms with van der Waals surface area (Å²) in [6, 6.07) is 15.5. The minimum Gasteiger partial charge on any atom is -0.493 e. The highest BCUT2D eigenvalue weighted by Crippen LogP contribution is 2.42. The Morgan fingerprint density at radius 3 is 1.97 bits per heavy atom. The number of methoxy groups -OCH3 is 3. The second kappa shape index (κ2) is 8.62. The van der Waals surface area contributed by atoms with Gasteiger partial charge in [-0.1, -0.05) is 12.1 Å². The van der Waals surface area contributed by atoms with Gasteiger partial charge in [-0.05, 0) is 35.9 Å². The number of rotatable bonds is 6. The van der Waals surface area contributed by atoms with Crippen molar-refractivity contribution < 1.29 is 14.2 Å². The van der Waals surface area contributed by atoms with E-state index < -0.39 is 0 Å². The molecule has 154 valence electrons. The molecule has 0 radical (unpaired) electrons. The van der Waals surface area contributed by atoms with Gasteiger partial charge in [0.05, 0.1) is 27.0 Å². The smallest absolute Gasteiger partial charge is 0.203 e. The first-order valence-corrected chi connectivity index (χ1v) is 9.22. The molecule has 2 aromatic carbocycles. The molecular formula is C23H24N4O3. The van der Waals surface area contributed by atoms with E-state index in [9.17, 15) is 5.26 Å². The van der Waals surface area contributed by atoms with Crippen molar-refractivity contribution in [3.05, 3.63) is 48.0 Å². The van der Waals surface area contributed by atoms with Crippen LogP contribution in [0.4, 0.5) is 11.5 Å². The van der Waals surface area contributed by atoms with E-state index in [4.69, 9.17) is 19.9 Å². The lowest BCUT2D eigenvalue weighted by atomic mass is 9.98. The summed E-state index contributed by atoms with van der Waals surface area (Å²) < 4.78 is 16.3. The fourth-order valence-electron chi connectivity index (χ4n) is 3.23. The van der Waals surface area contributed by atoms with E-state index >= 15 is 0 Å². The number of benzene rings is 2. The topological polar surface area (TPSA) is 93.6 Å². The van der Waals surface area contributed by atoms with Crippen LogP contribution in [-0.2, 0) is 0 Å². The zero-order valence-corrected chi connectivity index (χ0v) is 17.7. The van der Waals surface area contributed by atoms with Crippen molar-refractivity contribution in [3.8, 4) is 45.7 Å². The molecule has 3 aromatic rings. The standard InChI is InChI=1S/C23H24N4O3/c1-27(2)16-8-6-14(7-9-16)17-12-19(26-23(25)18(17)13-24)15-10-20(28-3)22(30-5)21(11-15)29-4/h6-12H,1-5H3,(H2,25,26). The third-order valence-electron chi connectivity index (χ3n) is 4.81. The predicted molar refractivity (Wildman–Crippen MR) is 118 cm³/mol. The quantitative estimate of drug-likeness (QED) is 0.664. The normalized spacial score (nSPS) is 10.3. The number of anilines is 2. The number of pyridine rings is 1. The van der Waals surface area contributed by atoms with E-state index in [1.807, 2.05) is 49.3 Å². The van der Waals surface area contributed by atoms with Gasteiger partial charge in [0.15, 0.2) is 11.5 Å². The Morgan fingerprint density at radius 1 is 0.900 bits per heavy atom. The highest BCUT2D eigenvalue weighted by molar-refractivity contribution is 5.81. The third-order valence-corrected chi connectivity index (χ3v) is 4.81. The molecule has 2 N–H and O–H groups in total. The maximum Gasteiger partial charge on any atom is 0.203 e. The number of nitrogens with zero attached hydrogens (tertiary/aromatic N) is 3. The van der Waals surface area contributed by atoms with Gasteiger partial charge in [0, 0.05) is 30.9 Å². The molecule has 0 aliphatic carbocycles. The zero-order chi connectivity index (χ0) is 21.8. The second-order valence-corrected chi connectivity index (χ2v) is 6.78. The molecule has 0 aliphatic rings. The molecule has 0 atom stereocenters. The number of aromatic nitrogens is 1. The highest BCUT2D eigenvalue weighted by Gasteiger charge is 2.18. The van der Waals surface area contributed by atoms with Gasteiger partial charge in [0.25, 0.3) is 0 Å². The summed E-state index contributed by atoms with van der Waals surface area (Å²) in [4.78, 5) is 6.46. The first kappa shape index (κ1) is 20.8. The monoisotopic (exact) mass is 404 g/mol. The van der Waals surface area contributed by atoms with E-state index in [0.717, 1.165) is 16.8 Å². The van der Waals surface area contributed by atoms with E-state index in [1.165, 1.54) is 0 Å². The molecule has 3 rings (SSSR count). The van der Waals surface area contributed by atoms with E-state index in [0.29, 0.717) is 34.1 Å². The molecule has 0 unspecified atom stereocenters. The Kier molecular flexibility index (Phi) is 5.98. The molecule has 0 fully saturated rings. The summed E-state index contributed by atoms with van der Waals surface area (Å²) in [7, 11) is 8.61. The van der Waals surface area contributed by atoms with E-state index in [-0.39, 0.29) is 5.82 Å². The number of hydrogen-bond acceptors (Lipinski definition) is 7. The van der Waals surface area contributed by atoms with Crippen LogP contribution >= 0.6 is 0 Å². The van der Waals surface area contributed by atoms with Gasteiger partial charge >= 0.3 is 0 Å². The van der Waals surface area contributed by atoms with Crippen molar-refractivity contribution in [2.45, 2.75) is 0 Å². The van der Waals surface area contributed by atoms with Crippen LogP contribution in [0.25, 0.3) is 22.4 Å². The lowest BCUT2D eigenvalue weighted by Gasteiger charge is -2.16. The van der Waals surface area contributed by atoms with Gasteiger partial charge in [-0.15, -0.1) is 0 Å². The SMILES string of the molecule is COc1cc(-c2cc(-c3ccc(N(C)C)cc3)c(C#N)c(N)n2)cc(OC)c1OC. The van der Waals surface area contributed by atoms with E-state index in [1.54, 1.807) is 33.5 Å². The molecule has 0 amide bonds. The average molecular weight is 404 g/mol. The highest BCUT2D eigenvalue weighted by atomic mass is 16.5. The zero-order valence-electron chi connectivity index (χ0n) is 17.7. The van der Waals surface area contributed by atoms with Crippen molar-refractivity contribution in [3.63, 3.8) is 0 Å². The summed E-state index contributed by atoms with van der Waals surface area (Å²) in [6.45, 7) is 0. The lowest BCUT2D eigenvalue weighted by Crippen LogP contribution is -2.08. The maximum absolute atomic E-state index is 9.66. The van der Waals surface area contributed by atoms with Gasteiger partial charge in [0.2, 0.25) is 5.75 Å². The Hall–Kier alpha value is -3.92. The maximum atomic E-state index is 9.66. The molecule has 0 aliphatic heterocycles. The lowest BCUT2D eigenvalue weighted by molar-refractivity contribution is 0.324. The summed E-state index contributed by atoms with van der Waals surface area (Å²) in [6.07, 6.45) is 0. The van der Waals surface area contributed by atoms with Crippen molar-refractivity contribution in [2.24, 2.45) is 0 Å². The minimum absolute atomic E-state index is 0.162. The van der Waals surface area contributed by atoms with Crippen LogP contribution in [0.3, 0.4) is 0 Å². The minimum atomic E-state index is 0.162. The molecule has 0 saturated carbocycles. The molecule has 1 aromatic heterocycles. The molecule has 0 saturated heterocycles. The van der Waals surface area contributed by atoms with Gasteiger partial charge in [0.1, 0.15) is 17.5 Å². The number of hydrogen-bond donors (Lipinski definition) is 1. The van der Waals surface area contributed by atoms with Crippen LogP contribution in [0.1, 0.15) is 5.56 Å². The predicted octanol–water partition coefficient (Wildman–Crippen LogP) is 3.96. The first-order chi connectivity index (χ1) is 14.4. The fourth-order valence-corrected chi connectivity index (χ4v) is 3.23. The molecule has 30 heavy (non-hydrogen) atoms. The van der Waals surface area contributed by atoms with Crippen molar-refractivity contribution in [2.75, 3.05) is 46.1 Å². The van der Waals surface area contributed by atoms with Crippen LogP contribution in [0.5, 0.6) is 17.2 Å². The largest absolute Gasteiger partial charge is 0.493 e. The van der Waals surface area contributed by atoms with Crippen LogP contribution in [0.2, 0.25) is 0 Å². The molecule has 1 heterocycles.